The third kappa shape index (κ3) is 27.0. The molecule has 0 heterocycles. The van der Waals surface area contributed by atoms with Gasteiger partial charge in [-0.05, 0) is 25.2 Å². The molecule has 154 valence electrons. The van der Waals surface area contributed by atoms with E-state index >= 15 is 0 Å². The Bertz CT molecular complexity index is 265. The molecule has 0 amide bonds. The Hall–Kier alpha value is 0.684. The molecule has 4 heteroatoms. The minimum Gasteiger partial charge on any atom is -0.420 e. The standard InChI is InChI=1S/C11H26OSi.C10H23ClSi/c1-5-6-7-8-9-10-11-13(3,4)12-2;1-4-5-6-7-8-9-10-12(2,3)11/h5-11H2,1-4H3;4-10H2,1-3H3. The van der Waals surface area contributed by atoms with E-state index in [9.17, 15) is 0 Å². The highest BCUT2D eigenvalue weighted by atomic mass is 35.6. The Morgan fingerprint density at radius 3 is 1.32 bits per heavy atom. The molecular weight excluding hydrogens is 360 g/mol. The smallest absolute Gasteiger partial charge is 0.186 e. The van der Waals surface area contributed by atoms with Gasteiger partial charge in [-0.1, -0.05) is 104 Å². The van der Waals surface area contributed by atoms with Crippen LogP contribution in [0.3, 0.4) is 0 Å². The van der Waals surface area contributed by atoms with E-state index in [-0.39, 0.29) is 0 Å². The highest BCUT2D eigenvalue weighted by Gasteiger charge is 2.19. The van der Waals surface area contributed by atoms with Gasteiger partial charge < -0.3 is 4.43 Å². The van der Waals surface area contributed by atoms with E-state index in [2.05, 4.69) is 40.0 Å². The molecule has 0 saturated heterocycles. The quantitative estimate of drug-likeness (QED) is 0.149. The zero-order chi connectivity index (χ0) is 19.6. The van der Waals surface area contributed by atoms with E-state index in [1.165, 1.54) is 89.1 Å². The van der Waals surface area contributed by atoms with Crippen molar-refractivity contribution in [2.75, 3.05) is 7.11 Å². The van der Waals surface area contributed by atoms with Gasteiger partial charge in [0.15, 0.2) is 8.32 Å². The molecule has 0 aromatic heterocycles. The highest BCUT2D eigenvalue weighted by molar-refractivity contribution is 7.19. The Morgan fingerprint density at radius 1 is 0.600 bits per heavy atom. The average Bonchev–Trinajstić information content (AvgIpc) is 2.54. The molecular formula is C21H49ClOSi2. The van der Waals surface area contributed by atoms with Gasteiger partial charge in [0, 0.05) is 7.11 Å². The van der Waals surface area contributed by atoms with E-state index in [4.69, 9.17) is 15.5 Å². The zero-order valence-electron chi connectivity index (χ0n) is 18.7. The lowest BCUT2D eigenvalue weighted by Gasteiger charge is -2.19. The van der Waals surface area contributed by atoms with E-state index < -0.39 is 15.7 Å². The van der Waals surface area contributed by atoms with Crippen LogP contribution in [0.5, 0.6) is 0 Å². The van der Waals surface area contributed by atoms with E-state index in [1.54, 1.807) is 0 Å². The van der Waals surface area contributed by atoms with Crippen molar-refractivity contribution in [3.8, 4) is 0 Å². The van der Waals surface area contributed by atoms with E-state index in [1.807, 2.05) is 7.11 Å². The Balaban J connectivity index is 0. The Kier molecular flexibility index (Phi) is 20.2. The van der Waals surface area contributed by atoms with Gasteiger partial charge in [0.1, 0.15) is 7.38 Å². The Labute approximate surface area is 167 Å². The monoisotopic (exact) mass is 408 g/mol. The summed E-state index contributed by atoms with van der Waals surface area (Å²) >= 11 is 6.21. The van der Waals surface area contributed by atoms with Crippen LogP contribution in [0.2, 0.25) is 38.3 Å². The second-order valence-electron chi connectivity index (χ2n) is 8.72. The Morgan fingerprint density at radius 2 is 0.960 bits per heavy atom. The number of halogens is 1. The molecule has 0 aliphatic carbocycles. The first kappa shape index (κ1) is 27.9. The SMILES string of the molecule is CCCCCCCC[Si](C)(C)Cl.CCCCCCCC[Si](C)(C)OC. The second-order valence-corrected chi connectivity index (χ2v) is 20.2. The molecule has 0 radical (unpaired) electrons. The van der Waals surface area contributed by atoms with E-state index in [0.717, 1.165) is 0 Å². The number of unbranched alkanes of at least 4 members (excludes halogenated alkanes) is 10. The molecule has 0 rings (SSSR count). The van der Waals surface area contributed by atoms with Crippen LogP contribution in [-0.2, 0) is 4.43 Å². The maximum absolute atomic E-state index is 6.21. The molecule has 0 aromatic rings. The highest BCUT2D eigenvalue weighted by Crippen LogP contribution is 2.19. The van der Waals surface area contributed by atoms with Gasteiger partial charge in [0.2, 0.25) is 0 Å². The van der Waals surface area contributed by atoms with Crippen molar-refractivity contribution >= 4 is 26.8 Å². The van der Waals surface area contributed by atoms with Crippen molar-refractivity contribution in [1.29, 1.82) is 0 Å². The average molecular weight is 409 g/mol. The third-order valence-electron chi connectivity index (χ3n) is 4.81. The van der Waals surface area contributed by atoms with Gasteiger partial charge in [-0.2, -0.15) is 11.1 Å². The maximum Gasteiger partial charge on any atom is 0.186 e. The first-order valence-electron chi connectivity index (χ1n) is 10.9. The topological polar surface area (TPSA) is 9.23 Å². The van der Waals surface area contributed by atoms with Crippen molar-refractivity contribution in [2.24, 2.45) is 0 Å². The number of rotatable bonds is 15. The van der Waals surface area contributed by atoms with Gasteiger partial charge in [-0.15, -0.1) is 0 Å². The normalized spacial score (nSPS) is 12.0. The minimum atomic E-state index is -1.25. The van der Waals surface area contributed by atoms with Crippen molar-refractivity contribution in [3.05, 3.63) is 0 Å². The molecule has 0 atom stereocenters. The summed E-state index contributed by atoms with van der Waals surface area (Å²) in [7, 11) is -0.635. The molecule has 0 bridgehead atoms. The molecule has 25 heavy (non-hydrogen) atoms. The summed E-state index contributed by atoms with van der Waals surface area (Å²) in [6.45, 7) is 13.6. The summed E-state index contributed by atoms with van der Waals surface area (Å²) in [5.74, 6) is 0. The lowest BCUT2D eigenvalue weighted by atomic mass is 10.1. The van der Waals surface area contributed by atoms with Crippen LogP contribution in [0.25, 0.3) is 0 Å². The van der Waals surface area contributed by atoms with Crippen molar-refractivity contribution in [2.45, 2.75) is 129 Å². The van der Waals surface area contributed by atoms with Crippen molar-refractivity contribution < 1.29 is 4.43 Å². The van der Waals surface area contributed by atoms with Crippen LogP contribution < -0.4 is 0 Å². The molecule has 0 spiro atoms. The van der Waals surface area contributed by atoms with Crippen molar-refractivity contribution in [3.63, 3.8) is 0 Å². The largest absolute Gasteiger partial charge is 0.420 e. The van der Waals surface area contributed by atoms with Gasteiger partial charge >= 0.3 is 0 Å². The zero-order valence-corrected chi connectivity index (χ0v) is 21.4. The predicted octanol–water partition coefficient (Wildman–Crippen LogP) is 8.99. The fourth-order valence-electron chi connectivity index (χ4n) is 2.76. The van der Waals surface area contributed by atoms with Gasteiger partial charge in [0.05, 0.1) is 0 Å². The van der Waals surface area contributed by atoms with E-state index in [0.29, 0.717) is 0 Å². The summed E-state index contributed by atoms with van der Waals surface area (Å²) < 4.78 is 5.50. The second kappa shape index (κ2) is 18.1. The summed E-state index contributed by atoms with van der Waals surface area (Å²) in [5.41, 5.74) is 0. The van der Waals surface area contributed by atoms with Crippen LogP contribution in [0, 0.1) is 0 Å². The molecule has 0 unspecified atom stereocenters. The number of hydrogen-bond acceptors (Lipinski definition) is 1. The maximum atomic E-state index is 6.21. The first-order valence-corrected chi connectivity index (χ1v) is 18.3. The summed E-state index contributed by atoms with van der Waals surface area (Å²) in [6, 6.07) is 2.62. The van der Waals surface area contributed by atoms with Crippen LogP contribution >= 0.6 is 11.1 Å². The van der Waals surface area contributed by atoms with Crippen LogP contribution in [0.4, 0.5) is 0 Å². The first-order chi connectivity index (χ1) is 11.7. The molecule has 0 aromatic carbocycles. The van der Waals surface area contributed by atoms with Crippen LogP contribution in [0.15, 0.2) is 0 Å². The lowest BCUT2D eigenvalue weighted by Crippen LogP contribution is -2.27. The molecule has 0 N–H and O–H groups in total. The molecule has 1 nitrogen and oxygen atoms in total. The van der Waals surface area contributed by atoms with Crippen LogP contribution in [-0.4, -0.2) is 22.8 Å². The fraction of sp³-hybridized carbons (Fsp3) is 1.00. The summed E-state index contributed by atoms with van der Waals surface area (Å²) in [4.78, 5) is 0. The van der Waals surface area contributed by atoms with Gasteiger partial charge in [0.25, 0.3) is 0 Å². The molecule has 0 saturated carbocycles. The minimum absolute atomic E-state index is 1.25. The molecule has 0 fully saturated rings. The molecule has 0 aliphatic rings. The number of hydrogen-bond donors (Lipinski definition) is 0. The van der Waals surface area contributed by atoms with Gasteiger partial charge in [-0.3, -0.25) is 0 Å². The third-order valence-corrected chi connectivity index (χ3v) is 9.58. The van der Waals surface area contributed by atoms with Crippen molar-refractivity contribution in [1.82, 2.24) is 0 Å². The molecule has 0 aliphatic heterocycles. The fourth-order valence-corrected chi connectivity index (χ4v) is 5.56. The lowest BCUT2D eigenvalue weighted by molar-refractivity contribution is 0.400. The summed E-state index contributed by atoms with van der Waals surface area (Å²) in [5, 5.41) is 0. The van der Waals surface area contributed by atoms with Gasteiger partial charge in [-0.25, -0.2) is 0 Å². The van der Waals surface area contributed by atoms with Crippen LogP contribution in [0.1, 0.15) is 90.9 Å². The predicted molar refractivity (Wildman–Crippen MR) is 124 cm³/mol. The summed E-state index contributed by atoms with van der Waals surface area (Å²) in [6.07, 6.45) is 16.7.